The van der Waals surface area contributed by atoms with Crippen molar-refractivity contribution in [2.24, 2.45) is 5.92 Å². The van der Waals surface area contributed by atoms with Gasteiger partial charge < -0.3 is 16.0 Å². The minimum absolute atomic E-state index is 0.0531. The van der Waals surface area contributed by atoms with Crippen molar-refractivity contribution < 1.29 is 18.0 Å². The first-order valence-corrected chi connectivity index (χ1v) is 10.5. The molecule has 8 nitrogen and oxygen atoms in total. The molecule has 3 amide bonds. The van der Waals surface area contributed by atoms with Gasteiger partial charge in [-0.05, 0) is 30.4 Å². The van der Waals surface area contributed by atoms with Crippen LogP contribution in [0.25, 0.3) is 0 Å². The zero-order chi connectivity index (χ0) is 19.2. The lowest BCUT2D eigenvalue weighted by atomic mass is 10.0. The van der Waals surface area contributed by atoms with E-state index < -0.39 is 28.0 Å². The number of aromatic nitrogens is 1. The molecule has 0 aliphatic carbocycles. The third-order valence-corrected chi connectivity index (χ3v) is 5.85. The van der Waals surface area contributed by atoms with E-state index >= 15 is 0 Å². The summed E-state index contributed by atoms with van der Waals surface area (Å²) in [7, 11) is -3.07. The van der Waals surface area contributed by atoms with Gasteiger partial charge in [-0.1, -0.05) is 19.9 Å². The topological polar surface area (TPSA) is 117 Å². The Bertz CT molecular complexity index is 722. The fraction of sp³-hybridized carbons (Fsp3) is 0.588. The highest BCUT2D eigenvalue weighted by Gasteiger charge is 2.30. The van der Waals surface area contributed by atoms with E-state index in [0.29, 0.717) is 19.4 Å². The summed E-state index contributed by atoms with van der Waals surface area (Å²) >= 11 is 0. The van der Waals surface area contributed by atoms with E-state index in [-0.39, 0.29) is 23.3 Å². The lowest BCUT2D eigenvalue weighted by Crippen LogP contribution is -2.52. The molecule has 1 aliphatic rings. The zero-order valence-corrected chi connectivity index (χ0v) is 15.9. The number of pyridine rings is 1. The van der Waals surface area contributed by atoms with Crippen LogP contribution in [0.15, 0.2) is 24.5 Å². The number of sulfone groups is 1. The fourth-order valence-electron chi connectivity index (χ4n) is 2.81. The van der Waals surface area contributed by atoms with Crippen LogP contribution in [-0.4, -0.2) is 48.9 Å². The molecule has 26 heavy (non-hydrogen) atoms. The summed E-state index contributed by atoms with van der Waals surface area (Å²) in [5, 5.41) is 8.11. The average molecular weight is 382 g/mol. The molecule has 1 aromatic rings. The fourth-order valence-corrected chi connectivity index (χ4v) is 4.49. The highest BCUT2D eigenvalue weighted by Crippen LogP contribution is 2.11. The number of carbonyl (C=O) groups is 2. The Hall–Kier alpha value is -2.16. The monoisotopic (exact) mass is 382 g/mol. The number of nitrogens with zero attached hydrogens (tertiary/aromatic N) is 1. The van der Waals surface area contributed by atoms with E-state index in [1.54, 1.807) is 18.5 Å². The molecule has 9 heteroatoms. The number of amides is 3. The first kappa shape index (κ1) is 20.2. The Morgan fingerprint density at radius 3 is 2.69 bits per heavy atom. The molecule has 1 saturated heterocycles. The second-order valence-corrected chi connectivity index (χ2v) is 9.21. The standard InChI is InChI=1S/C17H26N4O4S/c1-12(2)8-15(16(22)19-10-13-4-3-6-18-9-13)21-17(23)20-14-5-7-26(24,25)11-14/h3-4,6,9,12,14-15H,5,7-8,10-11H2,1-2H3,(H,19,22)(H2,20,21,23)/t14?,15-/m0/s1. The van der Waals surface area contributed by atoms with E-state index in [9.17, 15) is 18.0 Å². The molecule has 0 radical (unpaired) electrons. The van der Waals surface area contributed by atoms with Gasteiger partial charge in [0.1, 0.15) is 6.04 Å². The largest absolute Gasteiger partial charge is 0.350 e. The van der Waals surface area contributed by atoms with Crippen LogP contribution in [0.2, 0.25) is 0 Å². The van der Waals surface area contributed by atoms with Crippen LogP contribution in [0.1, 0.15) is 32.3 Å². The minimum Gasteiger partial charge on any atom is -0.350 e. The third-order valence-electron chi connectivity index (χ3n) is 4.09. The normalized spacial score (nSPS) is 19.7. The molecule has 2 rings (SSSR count). The molecule has 3 N–H and O–H groups in total. The lowest BCUT2D eigenvalue weighted by molar-refractivity contribution is -0.123. The Morgan fingerprint density at radius 1 is 1.35 bits per heavy atom. The molecule has 2 atom stereocenters. The van der Waals surface area contributed by atoms with Crippen LogP contribution < -0.4 is 16.0 Å². The smallest absolute Gasteiger partial charge is 0.315 e. The van der Waals surface area contributed by atoms with Crippen molar-refractivity contribution in [1.29, 1.82) is 0 Å². The van der Waals surface area contributed by atoms with E-state index in [1.165, 1.54) is 0 Å². The Balaban J connectivity index is 1.89. The SMILES string of the molecule is CC(C)C[C@H](NC(=O)NC1CCS(=O)(=O)C1)C(=O)NCc1cccnc1. The highest BCUT2D eigenvalue weighted by atomic mass is 32.2. The quantitative estimate of drug-likeness (QED) is 0.638. The molecule has 144 valence electrons. The first-order valence-electron chi connectivity index (χ1n) is 8.69. The van der Waals surface area contributed by atoms with Crippen molar-refractivity contribution in [2.75, 3.05) is 11.5 Å². The van der Waals surface area contributed by atoms with Gasteiger partial charge in [0.05, 0.1) is 11.5 Å². The van der Waals surface area contributed by atoms with E-state index in [1.807, 2.05) is 19.9 Å². The summed E-state index contributed by atoms with van der Waals surface area (Å²) in [6.45, 7) is 4.25. The van der Waals surface area contributed by atoms with Gasteiger partial charge in [0.2, 0.25) is 5.91 Å². The maximum Gasteiger partial charge on any atom is 0.315 e. The molecule has 1 unspecified atom stereocenters. The van der Waals surface area contributed by atoms with Crippen LogP contribution in [0.3, 0.4) is 0 Å². The van der Waals surface area contributed by atoms with Crippen molar-refractivity contribution in [3.8, 4) is 0 Å². The molecule has 1 aliphatic heterocycles. The van der Waals surface area contributed by atoms with Crippen molar-refractivity contribution in [2.45, 2.75) is 45.3 Å². The van der Waals surface area contributed by atoms with Gasteiger partial charge in [0, 0.05) is 25.0 Å². The third kappa shape index (κ3) is 6.62. The Morgan fingerprint density at radius 2 is 2.12 bits per heavy atom. The van der Waals surface area contributed by atoms with Crippen LogP contribution >= 0.6 is 0 Å². The molecule has 1 fully saturated rings. The van der Waals surface area contributed by atoms with Crippen molar-refractivity contribution in [3.63, 3.8) is 0 Å². The van der Waals surface area contributed by atoms with Gasteiger partial charge in [-0.3, -0.25) is 9.78 Å². The molecular formula is C17H26N4O4S. The number of rotatable bonds is 7. The zero-order valence-electron chi connectivity index (χ0n) is 15.1. The lowest BCUT2D eigenvalue weighted by Gasteiger charge is -2.21. The van der Waals surface area contributed by atoms with Gasteiger partial charge in [0.25, 0.3) is 0 Å². The number of hydrogen-bond donors (Lipinski definition) is 3. The van der Waals surface area contributed by atoms with Crippen LogP contribution in [0.5, 0.6) is 0 Å². The number of hydrogen-bond acceptors (Lipinski definition) is 5. The number of carbonyl (C=O) groups excluding carboxylic acids is 2. The van der Waals surface area contributed by atoms with Crippen molar-refractivity contribution >= 4 is 21.8 Å². The summed E-state index contributed by atoms with van der Waals surface area (Å²) < 4.78 is 23.0. The first-order chi connectivity index (χ1) is 12.2. The molecule has 0 spiro atoms. The summed E-state index contributed by atoms with van der Waals surface area (Å²) in [5.41, 5.74) is 0.866. The van der Waals surface area contributed by atoms with Crippen molar-refractivity contribution in [1.82, 2.24) is 20.9 Å². The van der Waals surface area contributed by atoms with Crippen LogP contribution in [-0.2, 0) is 21.2 Å². The summed E-state index contributed by atoms with van der Waals surface area (Å²) in [4.78, 5) is 28.6. The molecule has 0 bridgehead atoms. The number of urea groups is 1. The predicted molar refractivity (Wildman–Crippen MR) is 98.1 cm³/mol. The van der Waals surface area contributed by atoms with Crippen LogP contribution in [0, 0.1) is 5.92 Å². The molecular weight excluding hydrogens is 356 g/mol. The average Bonchev–Trinajstić information content (AvgIpc) is 2.91. The van der Waals surface area contributed by atoms with E-state index in [4.69, 9.17) is 0 Å². The second-order valence-electron chi connectivity index (χ2n) is 6.98. The Labute approximate surface area is 154 Å². The molecule has 1 aromatic heterocycles. The van der Waals surface area contributed by atoms with Gasteiger partial charge in [-0.15, -0.1) is 0 Å². The maximum atomic E-state index is 12.5. The number of nitrogens with one attached hydrogen (secondary N) is 3. The van der Waals surface area contributed by atoms with Crippen LogP contribution in [0.4, 0.5) is 4.79 Å². The van der Waals surface area contributed by atoms with Gasteiger partial charge in [-0.2, -0.15) is 0 Å². The maximum absolute atomic E-state index is 12.5. The molecule has 0 saturated carbocycles. The van der Waals surface area contributed by atoms with Gasteiger partial charge in [0.15, 0.2) is 9.84 Å². The van der Waals surface area contributed by atoms with Gasteiger partial charge >= 0.3 is 6.03 Å². The second kappa shape index (κ2) is 8.98. The summed E-state index contributed by atoms with van der Waals surface area (Å²) in [5.74, 6) is -0.0467. The predicted octanol–water partition coefficient (Wildman–Crippen LogP) is 0.599. The van der Waals surface area contributed by atoms with E-state index in [0.717, 1.165) is 5.56 Å². The molecule has 2 heterocycles. The molecule has 0 aromatic carbocycles. The van der Waals surface area contributed by atoms with Crippen molar-refractivity contribution in [3.05, 3.63) is 30.1 Å². The van der Waals surface area contributed by atoms with E-state index in [2.05, 4.69) is 20.9 Å². The summed E-state index contributed by atoms with van der Waals surface area (Å²) in [6.07, 6.45) is 4.20. The van der Waals surface area contributed by atoms with Gasteiger partial charge in [-0.25, -0.2) is 13.2 Å². The minimum atomic E-state index is -3.07. The summed E-state index contributed by atoms with van der Waals surface area (Å²) in [6, 6.07) is 2.02. The highest BCUT2D eigenvalue weighted by molar-refractivity contribution is 7.91. The Kier molecular flexibility index (Phi) is 6.96.